The van der Waals surface area contributed by atoms with Gasteiger partial charge in [-0.2, -0.15) is 0 Å². The second-order valence-corrected chi connectivity index (χ2v) is 2.98. The second-order valence-electron chi connectivity index (χ2n) is 2.07. The van der Waals surface area contributed by atoms with Crippen LogP contribution < -0.4 is 0 Å². The standard InChI is InChI=1S/C8H8BrF/c9-8-3-1-7(2-4-8)5-6-10/h1-4H,5-6H2. The van der Waals surface area contributed by atoms with Crippen molar-refractivity contribution >= 4 is 15.9 Å². The summed E-state index contributed by atoms with van der Waals surface area (Å²) in [7, 11) is 0. The smallest absolute Gasteiger partial charge is 0.0934 e. The average molecular weight is 203 g/mol. The van der Waals surface area contributed by atoms with Crippen LogP contribution in [0.5, 0.6) is 0 Å². The molecule has 0 aliphatic carbocycles. The first-order valence-electron chi connectivity index (χ1n) is 3.13. The molecule has 0 amide bonds. The molecule has 2 heteroatoms. The van der Waals surface area contributed by atoms with Crippen LogP contribution in [-0.4, -0.2) is 6.67 Å². The fourth-order valence-corrected chi connectivity index (χ4v) is 1.02. The van der Waals surface area contributed by atoms with E-state index in [-0.39, 0.29) is 6.67 Å². The molecule has 0 radical (unpaired) electrons. The Hall–Kier alpha value is -0.370. The lowest BCUT2D eigenvalue weighted by atomic mass is 10.2. The van der Waals surface area contributed by atoms with Gasteiger partial charge in [-0.25, -0.2) is 0 Å². The summed E-state index contributed by atoms with van der Waals surface area (Å²) >= 11 is 3.30. The first-order valence-corrected chi connectivity index (χ1v) is 3.92. The number of hydrogen-bond acceptors (Lipinski definition) is 0. The summed E-state index contributed by atoms with van der Waals surface area (Å²) in [6.07, 6.45) is 0.521. The minimum absolute atomic E-state index is 0.276. The van der Waals surface area contributed by atoms with E-state index in [0.717, 1.165) is 10.0 Å². The molecule has 0 N–H and O–H groups in total. The van der Waals surface area contributed by atoms with Crippen molar-refractivity contribution in [3.8, 4) is 0 Å². The zero-order valence-electron chi connectivity index (χ0n) is 5.48. The van der Waals surface area contributed by atoms with Crippen LogP contribution in [0.4, 0.5) is 4.39 Å². The van der Waals surface area contributed by atoms with Crippen molar-refractivity contribution in [2.24, 2.45) is 0 Å². The minimum Gasteiger partial charge on any atom is -0.251 e. The highest BCUT2D eigenvalue weighted by Crippen LogP contribution is 2.10. The fraction of sp³-hybridized carbons (Fsp3) is 0.250. The monoisotopic (exact) mass is 202 g/mol. The molecule has 0 saturated heterocycles. The van der Waals surface area contributed by atoms with Crippen molar-refractivity contribution in [1.29, 1.82) is 0 Å². The van der Waals surface area contributed by atoms with Gasteiger partial charge in [0, 0.05) is 10.9 Å². The van der Waals surface area contributed by atoms with Gasteiger partial charge in [0.05, 0.1) is 6.67 Å². The van der Waals surface area contributed by atoms with Crippen LogP contribution in [0, 0.1) is 0 Å². The zero-order chi connectivity index (χ0) is 7.40. The van der Waals surface area contributed by atoms with E-state index in [9.17, 15) is 4.39 Å². The summed E-state index contributed by atoms with van der Waals surface area (Å²) in [4.78, 5) is 0. The molecule has 1 aromatic rings. The Balaban J connectivity index is 2.69. The summed E-state index contributed by atoms with van der Waals surface area (Å²) in [6, 6.07) is 7.68. The van der Waals surface area contributed by atoms with E-state index in [1.807, 2.05) is 24.3 Å². The maximum absolute atomic E-state index is 11.8. The van der Waals surface area contributed by atoms with Gasteiger partial charge < -0.3 is 0 Å². The van der Waals surface area contributed by atoms with E-state index in [2.05, 4.69) is 15.9 Å². The minimum atomic E-state index is -0.276. The molecule has 0 atom stereocenters. The van der Waals surface area contributed by atoms with Crippen LogP contribution in [0.25, 0.3) is 0 Å². The Kier molecular flexibility index (Phi) is 2.87. The molecule has 0 aliphatic rings. The molecule has 1 rings (SSSR count). The Bertz CT molecular complexity index is 193. The zero-order valence-corrected chi connectivity index (χ0v) is 7.07. The Labute approximate surface area is 68.2 Å². The van der Waals surface area contributed by atoms with Gasteiger partial charge in [-0.15, -0.1) is 0 Å². The van der Waals surface area contributed by atoms with E-state index in [4.69, 9.17) is 0 Å². The number of alkyl halides is 1. The Morgan fingerprint density at radius 1 is 1.20 bits per heavy atom. The van der Waals surface area contributed by atoms with Crippen LogP contribution in [0.3, 0.4) is 0 Å². The highest BCUT2D eigenvalue weighted by Gasteiger charge is 1.90. The van der Waals surface area contributed by atoms with Gasteiger partial charge in [-0.1, -0.05) is 28.1 Å². The van der Waals surface area contributed by atoms with Crippen molar-refractivity contribution in [2.75, 3.05) is 6.67 Å². The first kappa shape index (κ1) is 7.73. The van der Waals surface area contributed by atoms with Crippen LogP contribution in [0.1, 0.15) is 5.56 Å². The predicted molar refractivity (Wildman–Crippen MR) is 43.8 cm³/mol. The normalized spacial score (nSPS) is 9.80. The molecule has 54 valence electrons. The van der Waals surface area contributed by atoms with Crippen LogP contribution in [0.2, 0.25) is 0 Å². The van der Waals surface area contributed by atoms with E-state index in [1.165, 1.54) is 0 Å². The van der Waals surface area contributed by atoms with Crippen molar-refractivity contribution in [3.63, 3.8) is 0 Å². The maximum atomic E-state index is 11.8. The van der Waals surface area contributed by atoms with Gasteiger partial charge in [-0.3, -0.25) is 4.39 Å². The molecule has 1 aromatic carbocycles. The van der Waals surface area contributed by atoms with Crippen molar-refractivity contribution in [2.45, 2.75) is 6.42 Å². The average Bonchev–Trinajstić information content (AvgIpc) is 1.95. The summed E-state index contributed by atoms with van der Waals surface area (Å²) in [5.74, 6) is 0. The maximum Gasteiger partial charge on any atom is 0.0934 e. The van der Waals surface area contributed by atoms with Gasteiger partial charge in [0.15, 0.2) is 0 Å². The molecule has 0 fully saturated rings. The summed E-state index contributed by atoms with van der Waals surface area (Å²) < 4.78 is 12.8. The number of aryl methyl sites for hydroxylation is 1. The van der Waals surface area contributed by atoms with Crippen molar-refractivity contribution in [1.82, 2.24) is 0 Å². The third kappa shape index (κ3) is 2.10. The van der Waals surface area contributed by atoms with Crippen LogP contribution in [-0.2, 0) is 6.42 Å². The molecule has 10 heavy (non-hydrogen) atoms. The molecule has 0 aliphatic heterocycles. The predicted octanol–water partition coefficient (Wildman–Crippen LogP) is 2.96. The van der Waals surface area contributed by atoms with E-state index < -0.39 is 0 Å². The van der Waals surface area contributed by atoms with E-state index >= 15 is 0 Å². The molecule has 0 nitrogen and oxygen atoms in total. The van der Waals surface area contributed by atoms with E-state index in [0.29, 0.717) is 6.42 Å². The van der Waals surface area contributed by atoms with Gasteiger partial charge in [0.2, 0.25) is 0 Å². The molecule has 0 aromatic heterocycles. The summed E-state index contributed by atoms with van der Waals surface area (Å²) in [6.45, 7) is -0.276. The third-order valence-corrected chi connectivity index (χ3v) is 1.83. The van der Waals surface area contributed by atoms with Crippen molar-refractivity contribution in [3.05, 3.63) is 34.3 Å². The lowest BCUT2D eigenvalue weighted by molar-refractivity contribution is 0.495. The molecular formula is C8H8BrF. The molecule has 0 bridgehead atoms. The number of hydrogen-bond donors (Lipinski definition) is 0. The molecule has 0 heterocycles. The van der Waals surface area contributed by atoms with Crippen LogP contribution >= 0.6 is 15.9 Å². The fourth-order valence-electron chi connectivity index (χ4n) is 0.760. The Morgan fingerprint density at radius 3 is 2.30 bits per heavy atom. The number of rotatable bonds is 2. The third-order valence-electron chi connectivity index (χ3n) is 1.30. The largest absolute Gasteiger partial charge is 0.251 e. The molecule has 0 unspecified atom stereocenters. The topological polar surface area (TPSA) is 0 Å². The SMILES string of the molecule is FCCc1ccc(Br)cc1. The lowest BCUT2D eigenvalue weighted by Crippen LogP contribution is -1.84. The van der Waals surface area contributed by atoms with E-state index in [1.54, 1.807) is 0 Å². The molecule has 0 saturated carbocycles. The highest BCUT2D eigenvalue weighted by atomic mass is 79.9. The molecule has 0 spiro atoms. The van der Waals surface area contributed by atoms with Crippen LogP contribution in [0.15, 0.2) is 28.7 Å². The Morgan fingerprint density at radius 2 is 1.80 bits per heavy atom. The van der Waals surface area contributed by atoms with Gasteiger partial charge >= 0.3 is 0 Å². The van der Waals surface area contributed by atoms with Gasteiger partial charge in [0.1, 0.15) is 0 Å². The quantitative estimate of drug-likeness (QED) is 0.693. The number of halogens is 2. The number of benzene rings is 1. The summed E-state index contributed by atoms with van der Waals surface area (Å²) in [5.41, 5.74) is 1.05. The first-order chi connectivity index (χ1) is 4.83. The molecular weight excluding hydrogens is 195 g/mol. The van der Waals surface area contributed by atoms with Gasteiger partial charge in [-0.05, 0) is 17.7 Å². The summed E-state index contributed by atoms with van der Waals surface area (Å²) in [5, 5.41) is 0. The second kappa shape index (κ2) is 3.71. The van der Waals surface area contributed by atoms with Gasteiger partial charge in [0.25, 0.3) is 0 Å². The highest BCUT2D eigenvalue weighted by molar-refractivity contribution is 9.10. The lowest BCUT2D eigenvalue weighted by Gasteiger charge is -1.95. The van der Waals surface area contributed by atoms with Crippen molar-refractivity contribution < 1.29 is 4.39 Å².